The first kappa shape index (κ1) is 30.3. The predicted octanol–water partition coefficient (Wildman–Crippen LogP) is 7.13. The first-order valence-electron chi connectivity index (χ1n) is 13.2. The molecule has 4 rings (SSSR count). The lowest BCUT2D eigenvalue weighted by molar-refractivity contribution is -0.211. The maximum Gasteiger partial charge on any atom is 0.416 e. The summed E-state index contributed by atoms with van der Waals surface area (Å²) in [5.41, 5.74) is -3.06. The average molecular weight is 574 g/mol. The van der Waals surface area contributed by atoms with Crippen molar-refractivity contribution in [3.05, 3.63) is 70.8 Å². The van der Waals surface area contributed by atoms with Crippen LogP contribution >= 0.6 is 0 Å². The molecule has 0 spiro atoms. The summed E-state index contributed by atoms with van der Waals surface area (Å²) in [5, 5.41) is 9.73. The Morgan fingerprint density at radius 3 is 2.30 bits per heavy atom. The molecule has 0 unspecified atom stereocenters. The standard InChI is InChI=1S/C29H33F6NO4/c1-18(21-13-22(28(30,31)32)15-23(14-21)29(33,34)35)40-25-24(19-7-4-3-5-8-19)20(9-12-39-25)16-36-11-6-10-27(2,17-36)26(37)38/h3-5,7-8,13-15,18,20,24-25H,6,9-12,16-17H2,1-2H3,(H,37,38)/t18-,20+,24-,25-,27-/m1/s1. The van der Waals surface area contributed by atoms with Gasteiger partial charge in [0.2, 0.25) is 0 Å². The van der Waals surface area contributed by atoms with Gasteiger partial charge in [-0.2, -0.15) is 26.3 Å². The van der Waals surface area contributed by atoms with Crippen LogP contribution in [0.5, 0.6) is 0 Å². The molecule has 2 aliphatic rings. The molecule has 2 fully saturated rings. The van der Waals surface area contributed by atoms with Crippen LogP contribution in [-0.4, -0.2) is 48.5 Å². The van der Waals surface area contributed by atoms with Crippen LogP contribution in [0.25, 0.3) is 0 Å². The molecular formula is C29H33F6NO4. The summed E-state index contributed by atoms with van der Waals surface area (Å²) in [6.45, 7) is 5.10. The molecule has 40 heavy (non-hydrogen) atoms. The molecule has 0 bridgehead atoms. The lowest BCUT2D eigenvalue weighted by Crippen LogP contribution is -2.49. The minimum Gasteiger partial charge on any atom is -0.481 e. The van der Waals surface area contributed by atoms with Gasteiger partial charge < -0.3 is 19.5 Å². The van der Waals surface area contributed by atoms with E-state index >= 15 is 0 Å². The van der Waals surface area contributed by atoms with E-state index in [4.69, 9.17) is 9.47 Å². The number of hydrogen-bond donors (Lipinski definition) is 1. The normalized spacial score (nSPS) is 27.4. The predicted molar refractivity (Wildman–Crippen MR) is 134 cm³/mol. The highest BCUT2D eigenvalue weighted by molar-refractivity contribution is 5.74. The largest absolute Gasteiger partial charge is 0.481 e. The van der Waals surface area contributed by atoms with Crippen LogP contribution in [0.3, 0.4) is 0 Å². The number of rotatable bonds is 7. The van der Waals surface area contributed by atoms with Crippen molar-refractivity contribution >= 4 is 5.97 Å². The Morgan fingerprint density at radius 2 is 1.73 bits per heavy atom. The van der Waals surface area contributed by atoms with Gasteiger partial charge in [-0.1, -0.05) is 30.3 Å². The van der Waals surface area contributed by atoms with Crippen molar-refractivity contribution in [2.24, 2.45) is 11.3 Å². The lowest BCUT2D eigenvalue weighted by atomic mass is 9.78. The second-order valence-corrected chi connectivity index (χ2v) is 11.0. The van der Waals surface area contributed by atoms with E-state index in [0.29, 0.717) is 38.1 Å². The molecule has 2 aliphatic heterocycles. The number of likely N-dealkylation sites (tertiary alicyclic amines) is 1. The summed E-state index contributed by atoms with van der Waals surface area (Å²) in [4.78, 5) is 14.0. The maximum absolute atomic E-state index is 13.4. The molecule has 0 aliphatic carbocycles. The number of ether oxygens (including phenoxy) is 2. The Bertz CT molecular complexity index is 1140. The van der Waals surface area contributed by atoms with Gasteiger partial charge in [0.25, 0.3) is 0 Å². The van der Waals surface area contributed by atoms with Crippen molar-refractivity contribution in [3.63, 3.8) is 0 Å². The summed E-state index contributed by atoms with van der Waals surface area (Å²) in [6, 6.07) is 10.7. The van der Waals surface area contributed by atoms with E-state index in [1.165, 1.54) is 6.92 Å². The molecule has 220 valence electrons. The number of alkyl halides is 6. The number of piperidine rings is 1. The zero-order valence-corrected chi connectivity index (χ0v) is 22.3. The van der Waals surface area contributed by atoms with Crippen molar-refractivity contribution in [2.75, 3.05) is 26.2 Å². The van der Waals surface area contributed by atoms with Gasteiger partial charge in [0.15, 0.2) is 6.29 Å². The summed E-state index contributed by atoms with van der Waals surface area (Å²) < 4.78 is 92.7. The Balaban J connectivity index is 1.61. The van der Waals surface area contributed by atoms with E-state index in [2.05, 4.69) is 4.90 Å². The molecule has 2 saturated heterocycles. The summed E-state index contributed by atoms with van der Waals surface area (Å²) in [6.07, 6.45) is -10.1. The number of halogens is 6. The SMILES string of the molecule is C[C@@H](O[C@H]1OCC[C@@H](CN2CCC[C@@](C)(C(=O)O)C2)[C@H]1c1ccccc1)c1cc(C(F)(F)F)cc(C(F)(F)F)c1. The topological polar surface area (TPSA) is 59.0 Å². The summed E-state index contributed by atoms with van der Waals surface area (Å²) in [7, 11) is 0. The minimum absolute atomic E-state index is 0.0447. The summed E-state index contributed by atoms with van der Waals surface area (Å²) >= 11 is 0. The van der Waals surface area contributed by atoms with Gasteiger partial charge in [0.05, 0.1) is 29.3 Å². The molecule has 5 atom stereocenters. The number of benzene rings is 2. The van der Waals surface area contributed by atoms with Gasteiger partial charge >= 0.3 is 18.3 Å². The van der Waals surface area contributed by atoms with Crippen LogP contribution in [0, 0.1) is 11.3 Å². The Labute approximate surface area is 229 Å². The van der Waals surface area contributed by atoms with Gasteiger partial charge in [0.1, 0.15) is 0 Å². The van der Waals surface area contributed by atoms with Crippen molar-refractivity contribution in [1.29, 1.82) is 0 Å². The third kappa shape index (κ3) is 6.98. The van der Waals surface area contributed by atoms with Gasteiger partial charge in [-0.25, -0.2) is 0 Å². The quantitative estimate of drug-likeness (QED) is 0.357. The molecule has 1 N–H and O–H groups in total. The van der Waals surface area contributed by atoms with Crippen LogP contribution in [0.4, 0.5) is 26.3 Å². The molecular weight excluding hydrogens is 540 g/mol. The average Bonchev–Trinajstić information content (AvgIpc) is 2.88. The van der Waals surface area contributed by atoms with E-state index < -0.39 is 47.3 Å². The van der Waals surface area contributed by atoms with Crippen molar-refractivity contribution in [1.82, 2.24) is 4.90 Å². The fourth-order valence-electron chi connectivity index (χ4n) is 5.77. The highest BCUT2D eigenvalue weighted by atomic mass is 19.4. The number of hydrogen-bond acceptors (Lipinski definition) is 4. The van der Waals surface area contributed by atoms with Crippen LogP contribution in [0.15, 0.2) is 48.5 Å². The Morgan fingerprint density at radius 1 is 1.10 bits per heavy atom. The molecule has 0 amide bonds. The molecule has 0 aromatic heterocycles. The first-order chi connectivity index (χ1) is 18.7. The van der Waals surface area contributed by atoms with E-state index in [9.17, 15) is 36.2 Å². The highest BCUT2D eigenvalue weighted by Gasteiger charge is 2.43. The van der Waals surface area contributed by atoms with E-state index in [1.807, 2.05) is 30.3 Å². The Kier molecular flexibility index (Phi) is 8.87. The number of aliphatic carboxylic acids is 1. The first-order valence-corrected chi connectivity index (χ1v) is 13.2. The number of nitrogens with zero attached hydrogens (tertiary/aromatic N) is 1. The third-order valence-electron chi connectivity index (χ3n) is 7.96. The van der Waals surface area contributed by atoms with Crippen molar-refractivity contribution < 1.29 is 45.7 Å². The molecule has 2 heterocycles. The maximum atomic E-state index is 13.4. The van der Waals surface area contributed by atoms with Gasteiger partial charge in [-0.05, 0) is 74.9 Å². The van der Waals surface area contributed by atoms with Gasteiger partial charge in [-0.15, -0.1) is 0 Å². The Hall–Kier alpha value is -2.63. The van der Waals surface area contributed by atoms with Crippen molar-refractivity contribution in [2.45, 2.75) is 63.8 Å². The van der Waals surface area contributed by atoms with E-state index in [1.54, 1.807) is 6.92 Å². The van der Waals surface area contributed by atoms with Crippen LogP contribution < -0.4 is 0 Å². The van der Waals surface area contributed by atoms with Crippen LogP contribution in [0.1, 0.15) is 67.4 Å². The van der Waals surface area contributed by atoms with E-state index in [-0.39, 0.29) is 30.1 Å². The minimum atomic E-state index is -4.96. The fraction of sp³-hybridized carbons (Fsp3) is 0.552. The van der Waals surface area contributed by atoms with Gasteiger partial charge in [0, 0.05) is 19.0 Å². The molecule has 5 nitrogen and oxygen atoms in total. The monoisotopic (exact) mass is 573 g/mol. The molecule has 0 radical (unpaired) electrons. The zero-order valence-electron chi connectivity index (χ0n) is 22.3. The molecule has 2 aromatic rings. The fourth-order valence-corrected chi connectivity index (χ4v) is 5.77. The number of carboxylic acid groups (broad SMARTS) is 1. The smallest absolute Gasteiger partial charge is 0.416 e. The summed E-state index contributed by atoms with van der Waals surface area (Å²) in [5.74, 6) is -1.27. The van der Waals surface area contributed by atoms with Crippen LogP contribution in [-0.2, 0) is 26.6 Å². The molecule has 0 saturated carbocycles. The highest BCUT2D eigenvalue weighted by Crippen LogP contribution is 2.42. The third-order valence-corrected chi connectivity index (χ3v) is 7.96. The van der Waals surface area contributed by atoms with Crippen molar-refractivity contribution in [3.8, 4) is 0 Å². The number of carbonyl (C=O) groups is 1. The second-order valence-electron chi connectivity index (χ2n) is 11.0. The molecule has 11 heteroatoms. The zero-order chi connectivity index (χ0) is 29.3. The molecule has 2 aromatic carbocycles. The van der Waals surface area contributed by atoms with E-state index in [0.717, 1.165) is 18.5 Å². The number of carboxylic acids is 1. The van der Waals surface area contributed by atoms with Gasteiger partial charge in [-0.3, -0.25) is 4.79 Å². The lowest BCUT2D eigenvalue weighted by Gasteiger charge is -2.44. The van der Waals surface area contributed by atoms with Crippen LogP contribution in [0.2, 0.25) is 0 Å². The second kappa shape index (κ2) is 11.7.